The molecule has 2 atom stereocenters. The van der Waals surface area contributed by atoms with Gasteiger partial charge in [0.05, 0.1) is 13.5 Å². The molecule has 2 aromatic rings. The summed E-state index contributed by atoms with van der Waals surface area (Å²) in [5, 5.41) is 0. The number of benzene rings is 2. The highest BCUT2D eigenvalue weighted by molar-refractivity contribution is 5.79. The average molecular weight is 353 g/mol. The van der Waals surface area contributed by atoms with Gasteiger partial charge in [-0.05, 0) is 35.4 Å². The molecule has 26 heavy (non-hydrogen) atoms. The van der Waals surface area contributed by atoms with Crippen molar-refractivity contribution in [3.05, 3.63) is 59.7 Å². The van der Waals surface area contributed by atoms with Crippen molar-refractivity contribution in [3.63, 3.8) is 0 Å². The molecule has 0 radical (unpaired) electrons. The van der Waals surface area contributed by atoms with Crippen molar-refractivity contribution in [3.8, 4) is 5.75 Å². The maximum atomic E-state index is 12.7. The molecule has 0 aliphatic carbocycles. The second-order valence-corrected chi connectivity index (χ2v) is 7.08. The van der Waals surface area contributed by atoms with Gasteiger partial charge >= 0.3 is 0 Å². The standard InChI is InChI=1S/C21H27N3O2/c1-23(2)17-9-7-15(8-10-17)11-21(25)24-13-19(20(22)14-24)16-5-4-6-18(12-16)26-3/h4-10,12,19-20H,11,13-14,22H2,1-3H3. The highest BCUT2D eigenvalue weighted by Gasteiger charge is 2.33. The van der Waals surface area contributed by atoms with E-state index in [0.717, 1.165) is 22.6 Å². The summed E-state index contributed by atoms with van der Waals surface area (Å²) >= 11 is 0. The van der Waals surface area contributed by atoms with E-state index in [4.69, 9.17) is 10.5 Å². The van der Waals surface area contributed by atoms with Gasteiger partial charge in [0.2, 0.25) is 5.91 Å². The Balaban J connectivity index is 1.65. The Morgan fingerprint density at radius 1 is 1.19 bits per heavy atom. The summed E-state index contributed by atoms with van der Waals surface area (Å²) in [6, 6.07) is 16.0. The fraction of sp³-hybridized carbons (Fsp3) is 0.381. The highest BCUT2D eigenvalue weighted by Crippen LogP contribution is 2.29. The number of nitrogens with zero attached hydrogens (tertiary/aromatic N) is 2. The molecule has 0 saturated carbocycles. The Morgan fingerprint density at radius 2 is 1.92 bits per heavy atom. The van der Waals surface area contributed by atoms with Crippen LogP contribution in [-0.2, 0) is 11.2 Å². The third-order valence-electron chi connectivity index (χ3n) is 5.05. The summed E-state index contributed by atoms with van der Waals surface area (Å²) in [4.78, 5) is 16.6. The van der Waals surface area contributed by atoms with E-state index >= 15 is 0 Å². The first-order valence-electron chi connectivity index (χ1n) is 8.91. The van der Waals surface area contributed by atoms with Gasteiger partial charge in [0.15, 0.2) is 0 Å². The van der Waals surface area contributed by atoms with E-state index in [0.29, 0.717) is 19.5 Å². The number of carbonyl (C=O) groups excluding carboxylic acids is 1. The van der Waals surface area contributed by atoms with Crippen LogP contribution in [0.4, 0.5) is 5.69 Å². The fourth-order valence-electron chi connectivity index (χ4n) is 3.46. The third-order valence-corrected chi connectivity index (χ3v) is 5.05. The third kappa shape index (κ3) is 3.99. The molecule has 0 aromatic heterocycles. The van der Waals surface area contributed by atoms with Crippen LogP contribution in [0, 0.1) is 0 Å². The highest BCUT2D eigenvalue weighted by atomic mass is 16.5. The molecule has 2 aromatic carbocycles. The quantitative estimate of drug-likeness (QED) is 0.896. The van der Waals surface area contributed by atoms with Gasteiger partial charge in [-0.15, -0.1) is 0 Å². The number of hydrogen-bond donors (Lipinski definition) is 1. The van der Waals surface area contributed by atoms with Crippen molar-refractivity contribution < 1.29 is 9.53 Å². The number of carbonyl (C=O) groups is 1. The molecule has 5 heteroatoms. The zero-order chi connectivity index (χ0) is 18.7. The Hall–Kier alpha value is -2.53. The summed E-state index contributed by atoms with van der Waals surface area (Å²) < 4.78 is 5.30. The summed E-state index contributed by atoms with van der Waals surface area (Å²) in [6.07, 6.45) is 0.408. The first-order valence-corrected chi connectivity index (χ1v) is 8.91. The second-order valence-electron chi connectivity index (χ2n) is 7.08. The molecule has 2 unspecified atom stereocenters. The predicted octanol–water partition coefficient (Wildman–Crippen LogP) is 2.26. The fourth-order valence-corrected chi connectivity index (χ4v) is 3.46. The average Bonchev–Trinajstić information content (AvgIpc) is 3.04. The van der Waals surface area contributed by atoms with Gasteiger partial charge in [0.1, 0.15) is 5.75 Å². The maximum absolute atomic E-state index is 12.7. The molecule has 1 saturated heterocycles. The number of methoxy groups -OCH3 is 1. The van der Waals surface area contributed by atoms with Gasteiger partial charge in [0.25, 0.3) is 0 Å². The molecule has 1 aliphatic rings. The van der Waals surface area contributed by atoms with Crippen molar-refractivity contribution in [2.75, 3.05) is 39.2 Å². The lowest BCUT2D eigenvalue weighted by molar-refractivity contribution is -0.129. The second kappa shape index (κ2) is 7.79. The molecule has 138 valence electrons. The summed E-state index contributed by atoms with van der Waals surface area (Å²) in [5.74, 6) is 1.09. The van der Waals surface area contributed by atoms with Crippen LogP contribution in [0.2, 0.25) is 0 Å². The number of likely N-dealkylation sites (tertiary alicyclic amines) is 1. The summed E-state index contributed by atoms with van der Waals surface area (Å²) in [5.41, 5.74) is 9.62. The normalized spacial score (nSPS) is 19.5. The van der Waals surface area contributed by atoms with Gasteiger partial charge in [-0.2, -0.15) is 0 Å². The summed E-state index contributed by atoms with van der Waals surface area (Å²) in [7, 11) is 5.67. The molecule has 2 N–H and O–H groups in total. The van der Waals surface area contributed by atoms with Crippen LogP contribution in [-0.4, -0.2) is 51.1 Å². The lowest BCUT2D eigenvalue weighted by atomic mass is 9.95. The summed E-state index contributed by atoms with van der Waals surface area (Å²) in [6.45, 7) is 1.25. The van der Waals surface area contributed by atoms with E-state index in [1.807, 2.05) is 66.4 Å². The lowest BCUT2D eigenvalue weighted by Crippen LogP contribution is -2.33. The van der Waals surface area contributed by atoms with Crippen molar-refractivity contribution in [1.82, 2.24) is 4.90 Å². The van der Waals surface area contributed by atoms with Crippen molar-refractivity contribution >= 4 is 11.6 Å². The molecule has 0 spiro atoms. The van der Waals surface area contributed by atoms with Crippen molar-refractivity contribution in [1.29, 1.82) is 0 Å². The number of anilines is 1. The van der Waals surface area contributed by atoms with Gasteiger partial charge in [-0.3, -0.25) is 4.79 Å². The van der Waals surface area contributed by atoms with Crippen molar-refractivity contribution in [2.24, 2.45) is 5.73 Å². The Bertz CT molecular complexity index is 758. The Morgan fingerprint density at radius 3 is 2.58 bits per heavy atom. The van der Waals surface area contributed by atoms with E-state index in [-0.39, 0.29) is 17.9 Å². The van der Waals surface area contributed by atoms with Crippen LogP contribution in [0.25, 0.3) is 0 Å². The molecule has 1 amide bonds. The van der Waals surface area contributed by atoms with Crippen LogP contribution in [0.3, 0.4) is 0 Å². The van der Waals surface area contributed by atoms with E-state index in [2.05, 4.69) is 6.07 Å². The van der Waals surface area contributed by atoms with Crippen LogP contribution < -0.4 is 15.4 Å². The van der Waals surface area contributed by atoms with E-state index in [9.17, 15) is 4.79 Å². The zero-order valence-corrected chi connectivity index (χ0v) is 15.7. The molecular formula is C21H27N3O2. The zero-order valence-electron chi connectivity index (χ0n) is 15.7. The number of hydrogen-bond acceptors (Lipinski definition) is 4. The van der Waals surface area contributed by atoms with Gasteiger partial charge in [-0.25, -0.2) is 0 Å². The van der Waals surface area contributed by atoms with E-state index in [1.165, 1.54) is 0 Å². The Labute approximate surface area is 155 Å². The number of rotatable bonds is 5. The number of ether oxygens (including phenoxy) is 1. The van der Waals surface area contributed by atoms with Crippen LogP contribution in [0.5, 0.6) is 5.75 Å². The van der Waals surface area contributed by atoms with Crippen LogP contribution in [0.15, 0.2) is 48.5 Å². The number of amides is 1. The lowest BCUT2D eigenvalue weighted by Gasteiger charge is -2.17. The van der Waals surface area contributed by atoms with E-state index < -0.39 is 0 Å². The molecular weight excluding hydrogens is 326 g/mol. The van der Waals surface area contributed by atoms with Crippen molar-refractivity contribution in [2.45, 2.75) is 18.4 Å². The smallest absolute Gasteiger partial charge is 0.227 e. The largest absolute Gasteiger partial charge is 0.497 e. The first-order chi connectivity index (χ1) is 12.5. The predicted molar refractivity (Wildman–Crippen MR) is 105 cm³/mol. The van der Waals surface area contributed by atoms with Gasteiger partial charge in [0, 0.05) is 44.8 Å². The van der Waals surface area contributed by atoms with Gasteiger partial charge < -0.3 is 20.3 Å². The van der Waals surface area contributed by atoms with Gasteiger partial charge in [-0.1, -0.05) is 24.3 Å². The monoisotopic (exact) mass is 353 g/mol. The number of nitrogens with two attached hydrogens (primary N) is 1. The van der Waals surface area contributed by atoms with E-state index in [1.54, 1.807) is 7.11 Å². The van der Waals surface area contributed by atoms with Crippen LogP contribution >= 0.6 is 0 Å². The molecule has 1 aliphatic heterocycles. The molecule has 1 fully saturated rings. The first kappa shape index (κ1) is 18.3. The maximum Gasteiger partial charge on any atom is 0.227 e. The minimum absolute atomic E-state index is 0.0535. The molecule has 1 heterocycles. The minimum atomic E-state index is -0.0535. The Kier molecular flexibility index (Phi) is 5.47. The molecule has 3 rings (SSSR count). The van der Waals surface area contributed by atoms with Crippen LogP contribution in [0.1, 0.15) is 17.0 Å². The molecule has 0 bridgehead atoms. The topological polar surface area (TPSA) is 58.8 Å². The SMILES string of the molecule is COc1cccc(C2CN(C(=O)Cc3ccc(N(C)C)cc3)CC2N)c1. The molecule has 5 nitrogen and oxygen atoms in total. The minimum Gasteiger partial charge on any atom is -0.497 e.